The molecule has 1 fully saturated rings. The number of primary sulfonamides is 1. The lowest BCUT2D eigenvalue weighted by Gasteiger charge is -2.22. The molecule has 4 N–H and O–H groups in total. The SMILES string of the molecule is Cc1cc(S(N)(=O)=O)cc(NC(=O)c2ccn(C3CCCNC3)n2)c1C.Cl. The topological polar surface area (TPSA) is 119 Å². The van der Waals surface area contributed by atoms with Crippen LogP contribution in [0.25, 0.3) is 0 Å². The number of hydrogen-bond donors (Lipinski definition) is 3. The Morgan fingerprint density at radius 1 is 1.37 bits per heavy atom. The van der Waals surface area contributed by atoms with Crippen LogP contribution in [0.1, 0.15) is 40.5 Å². The van der Waals surface area contributed by atoms with E-state index in [2.05, 4.69) is 15.7 Å². The van der Waals surface area contributed by atoms with Crippen molar-refractivity contribution in [1.29, 1.82) is 0 Å². The van der Waals surface area contributed by atoms with Crippen molar-refractivity contribution in [3.8, 4) is 0 Å². The third kappa shape index (κ3) is 4.86. The highest BCUT2D eigenvalue weighted by Crippen LogP contribution is 2.24. The molecule has 1 aromatic heterocycles. The summed E-state index contributed by atoms with van der Waals surface area (Å²) in [5.41, 5.74) is 2.20. The molecule has 3 rings (SSSR count). The van der Waals surface area contributed by atoms with Crippen LogP contribution < -0.4 is 15.8 Å². The zero-order valence-corrected chi connectivity index (χ0v) is 16.9. The number of aromatic nitrogens is 2. The number of hydrogen-bond acceptors (Lipinski definition) is 5. The first-order valence-electron chi connectivity index (χ1n) is 8.47. The molecule has 1 amide bonds. The smallest absolute Gasteiger partial charge is 0.276 e. The third-order valence-electron chi connectivity index (χ3n) is 4.70. The Morgan fingerprint density at radius 3 is 2.74 bits per heavy atom. The molecule has 148 valence electrons. The normalized spacial score (nSPS) is 17.2. The Bertz CT molecular complexity index is 936. The molecule has 1 aliphatic rings. The summed E-state index contributed by atoms with van der Waals surface area (Å²) in [6.45, 7) is 5.41. The van der Waals surface area contributed by atoms with Gasteiger partial charge in [-0.15, -0.1) is 12.4 Å². The van der Waals surface area contributed by atoms with Gasteiger partial charge in [-0.3, -0.25) is 9.48 Å². The first-order valence-corrected chi connectivity index (χ1v) is 10.0. The van der Waals surface area contributed by atoms with E-state index in [1.807, 2.05) is 6.92 Å². The molecule has 0 saturated carbocycles. The van der Waals surface area contributed by atoms with E-state index < -0.39 is 10.0 Å². The number of amides is 1. The van der Waals surface area contributed by atoms with Crippen LogP contribution in [-0.2, 0) is 10.0 Å². The summed E-state index contributed by atoms with van der Waals surface area (Å²) in [6, 6.07) is 4.76. The van der Waals surface area contributed by atoms with Gasteiger partial charge in [-0.25, -0.2) is 13.6 Å². The van der Waals surface area contributed by atoms with E-state index in [4.69, 9.17) is 5.14 Å². The number of aryl methyl sites for hydroxylation is 1. The molecule has 1 aromatic carbocycles. The summed E-state index contributed by atoms with van der Waals surface area (Å²) in [5, 5.41) is 15.6. The number of rotatable bonds is 4. The highest BCUT2D eigenvalue weighted by molar-refractivity contribution is 7.89. The predicted molar refractivity (Wildman–Crippen MR) is 106 cm³/mol. The monoisotopic (exact) mass is 413 g/mol. The first-order chi connectivity index (χ1) is 12.3. The van der Waals surface area contributed by atoms with Crippen LogP contribution in [0.3, 0.4) is 0 Å². The van der Waals surface area contributed by atoms with Crippen molar-refractivity contribution in [3.05, 3.63) is 41.2 Å². The molecule has 1 saturated heterocycles. The molecule has 27 heavy (non-hydrogen) atoms. The van der Waals surface area contributed by atoms with Gasteiger partial charge in [0, 0.05) is 18.4 Å². The van der Waals surface area contributed by atoms with Gasteiger partial charge in [-0.2, -0.15) is 5.10 Å². The molecule has 2 aromatic rings. The Hall–Kier alpha value is -1.94. The lowest BCUT2D eigenvalue weighted by atomic mass is 10.1. The fraction of sp³-hybridized carbons (Fsp3) is 0.412. The molecule has 2 heterocycles. The van der Waals surface area contributed by atoms with E-state index in [1.165, 1.54) is 12.1 Å². The molecule has 1 unspecified atom stereocenters. The molecule has 10 heteroatoms. The van der Waals surface area contributed by atoms with Crippen LogP contribution in [0.4, 0.5) is 5.69 Å². The van der Waals surface area contributed by atoms with Crippen LogP contribution in [0.15, 0.2) is 29.3 Å². The molecular formula is C17H24ClN5O3S. The number of halogens is 1. The van der Waals surface area contributed by atoms with Crippen molar-refractivity contribution in [1.82, 2.24) is 15.1 Å². The summed E-state index contributed by atoms with van der Waals surface area (Å²) >= 11 is 0. The molecule has 0 bridgehead atoms. The average Bonchev–Trinajstić information content (AvgIpc) is 3.09. The van der Waals surface area contributed by atoms with Crippen LogP contribution in [0.2, 0.25) is 0 Å². The number of nitrogens with zero attached hydrogens (tertiary/aromatic N) is 2. The highest BCUT2D eigenvalue weighted by Gasteiger charge is 2.19. The second-order valence-corrected chi connectivity index (χ2v) is 8.15. The van der Waals surface area contributed by atoms with Crippen molar-refractivity contribution < 1.29 is 13.2 Å². The largest absolute Gasteiger partial charge is 0.320 e. The molecule has 1 aliphatic heterocycles. The molecule has 8 nitrogen and oxygen atoms in total. The van der Waals surface area contributed by atoms with E-state index >= 15 is 0 Å². The van der Waals surface area contributed by atoms with Gasteiger partial charge >= 0.3 is 0 Å². The summed E-state index contributed by atoms with van der Waals surface area (Å²) in [4.78, 5) is 12.5. The van der Waals surface area contributed by atoms with E-state index in [1.54, 1.807) is 23.9 Å². The Labute approximate surface area is 165 Å². The molecule has 1 atom stereocenters. The summed E-state index contributed by atoms with van der Waals surface area (Å²) in [7, 11) is -3.85. The first kappa shape index (κ1) is 21.4. The fourth-order valence-electron chi connectivity index (χ4n) is 3.03. The van der Waals surface area contributed by atoms with Crippen LogP contribution in [0, 0.1) is 13.8 Å². The maximum absolute atomic E-state index is 12.6. The average molecular weight is 414 g/mol. The van der Waals surface area contributed by atoms with Gasteiger partial charge in [-0.05, 0) is 62.6 Å². The molecule has 0 spiro atoms. The van der Waals surface area contributed by atoms with Crippen molar-refractivity contribution >= 4 is 34.0 Å². The van der Waals surface area contributed by atoms with E-state index in [9.17, 15) is 13.2 Å². The summed E-state index contributed by atoms with van der Waals surface area (Å²) < 4.78 is 25.1. The van der Waals surface area contributed by atoms with Crippen LogP contribution in [0.5, 0.6) is 0 Å². The minimum absolute atomic E-state index is 0. The number of nitrogens with one attached hydrogen (secondary N) is 2. The van der Waals surface area contributed by atoms with Crippen molar-refractivity contribution in [2.24, 2.45) is 5.14 Å². The second-order valence-electron chi connectivity index (χ2n) is 6.59. The standard InChI is InChI=1S/C17H23N5O3S.ClH/c1-11-8-14(26(18,24)25)9-16(12(11)2)20-17(23)15-5-7-22(21-15)13-4-3-6-19-10-13;/h5,7-9,13,19H,3-4,6,10H2,1-2H3,(H,20,23)(H2,18,24,25);1H. The number of benzene rings is 1. The quantitative estimate of drug-likeness (QED) is 0.705. The van der Waals surface area contributed by atoms with Crippen LogP contribution >= 0.6 is 12.4 Å². The minimum atomic E-state index is -3.85. The Balaban J connectivity index is 0.00000261. The second kappa shape index (κ2) is 8.39. The number of carbonyl (C=O) groups excluding carboxylic acids is 1. The van der Waals surface area contributed by atoms with Crippen molar-refractivity contribution in [2.45, 2.75) is 37.6 Å². The zero-order valence-electron chi connectivity index (χ0n) is 15.2. The zero-order chi connectivity index (χ0) is 18.9. The summed E-state index contributed by atoms with van der Waals surface area (Å²) in [6.07, 6.45) is 3.89. The van der Waals surface area contributed by atoms with E-state index in [0.717, 1.165) is 37.1 Å². The number of carbonyl (C=O) groups is 1. The lowest BCUT2D eigenvalue weighted by molar-refractivity contribution is 0.102. The van der Waals surface area contributed by atoms with Gasteiger partial charge in [0.25, 0.3) is 5.91 Å². The van der Waals surface area contributed by atoms with Gasteiger partial charge in [0.2, 0.25) is 10.0 Å². The van der Waals surface area contributed by atoms with Crippen molar-refractivity contribution in [2.75, 3.05) is 18.4 Å². The molecule has 0 radical (unpaired) electrons. The predicted octanol–water partition coefficient (Wildman–Crippen LogP) is 1.75. The van der Waals surface area contributed by atoms with Crippen LogP contribution in [-0.4, -0.2) is 37.2 Å². The maximum atomic E-state index is 12.6. The number of piperidine rings is 1. The Morgan fingerprint density at radius 2 is 2.11 bits per heavy atom. The lowest BCUT2D eigenvalue weighted by Crippen LogP contribution is -2.32. The highest BCUT2D eigenvalue weighted by atomic mass is 35.5. The van der Waals surface area contributed by atoms with E-state index in [0.29, 0.717) is 5.69 Å². The Kier molecular flexibility index (Phi) is 6.63. The third-order valence-corrected chi connectivity index (χ3v) is 5.60. The van der Waals surface area contributed by atoms with Gasteiger partial charge in [0.15, 0.2) is 5.69 Å². The number of sulfonamides is 1. The summed E-state index contributed by atoms with van der Waals surface area (Å²) in [5.74, 6) is -0.387. The van der Waals surface area contributed by atoms with Gasteiger partial charge < -0.3 is 10.6 Å². The van der Waals surface area contributed by atoms with Gasteiger partial charge in [0.1, 0.15) is 0 Å². The number of anilines is 1. The number of nitrogens with two attached hydrogens (primary N) is 1. The maximum Gasteiger partial charge on any atom is 0.276 e. The molecule has 0 aliphatic carbocycles. The molecular weight excluding hydrogens is 390 g/mol. The minimum Gasteiger partial charge on any atom is -0.320 e. The fourth-order valence-corrected chi connectivity index (χ4v) is 3.65. The van der Waals surface area contributed by atoms with Gasteiger partial charge in [0.05, 0.1) is 10.9 Å². The van der Waals surface area contributed by atoms with Gasteiger partial charge in [-0.1, -0.05) is 0 Å². The van der Waals surface area contributed by atoms with E-state index in [-0.39, 0.29) is 34.9 Å². The van der Waals surface area contributed by atoms with Crippen molar-refractivity contribution in [3.63, 3.8) is 0 Å².